The molecule has 1 atom stereocenters. The number of carbonyl (C=O) groups excluding carboxylic acids is 2. The average molecular weight is 436 g/mol. The molecule has 0 saturated carbocycles. The van der Waals surface area contributed by atoms with Crippen LogP contribution in [0.25, 0.3) is 0 Å². The second kappa shape index (κ2) is 9.27. The van der Waals surface area contributed by atoms with Crippen molar-refractivity contribution in [1.29, 1.82) is 0 Å². The monoisotopic (exact) mass is 435 g/mol. The lowest BCUT2D eigenvalue weighted by Gasteiger charge is -2.34. The zero-order chi connectivity index (χ0) is 23.5. The number of nitrogens with zero attached hydrogens (tertiary/aromatic N) is 5. The lowest BCUT2D eigenvalue weighted by Crippen LogP contribution is -2.37. The molecule has 2 amide bonds. The molecule has 2 aromatic carbocycles. The molecule has 9 heteroatoms. The van der Waals surface area contributed by atoms with Crippen molar-refractivity contribution in [2.24, 2.45) is 5.73 Å². The lowest BCUT2D eigenvalue weighted by atomic mass is 9.69. The van der Waals surface area contributed by atoms with Gasteiger partial charge in [0.2, 0.25) is 0 Å². The molecule has 0 bridgehead atoms. The summed E-state index contributed by atoms with van der Waals surface area (Å²) in [5.74, 6) is 0.300. The molecule has 168 valence electrons. The Morgan fingerprint density at radius 2 is 1.34 bits per heavy atom. The number of hydrogen-bond donors (Lipinski definition) is 2. The molecule has 0 saturated heterocycles. The number of H-pyrrole nitrogens is 1. The van der Waals surface area contributed by atoms with Gasteiger partial charge in [-0.15, -0.1) is 10.2 Å². The Kier molecular flexibility index (Phi) is 6.69. The maximum Gasteiger partial charge on any atom is 0.253 e. The number of tetrazole rings is 1. The highest BCUT2D eigenvalue weighted by molar-refractivity contribution is 5.94. The minimum absolute atomic E-state index is 0.0829. The number of rotatable bonds is 7. The third kappa shape index (κ3) is 4.38. The first-order chi connectivity index (χ1) is 15.2. The summed E-state index contributed by atoms with van der Waals surface area (Å²) in [4.78, 5) is 27.8. The van der Waals surface area contributed by atoms with E-state index in [1.165, 1.54) is 9.80 Å². The van der Waals surface area contributed by atoms with Crippen LogP contribution in [0.3, 0.4) is 0 Å². The van der Waals surface area contributed by atoms with E-state index in [0.717, 1.165) is 11.1 Å². The Bertz CT molecular complexity index is 993. The van der Waals surface area contributed by atoms with Gasteiger partial charge in [0.25, 0.3) is 11.8 Å². The van der Waals surface area contributed by atoms with Crippen LogP contribution in [0.4, 0.5) is 0 Å². The van der Waals surface area contributed by atoms with E-state index in [1.807, 2.05) is 31.2 Å². The number of aromatic amines is 1. The fourth-order valence-corrected chi connectivity index (χ4v) is 3.89. The maximum absolute atomic E-state index is 12.4. The standard InChI is InChI=1S/C23H29N7O2/c1-15(24)14-23(22-25-27-28-26-22,18-10-6-16(7-11-18)20(31)29(2)3)19-12-8-17(9-13-19)21(32)30(4)5/h6-13,15H,14,24H2,1-5H3,(H,25,26,27,28)/t15-/m1/s1. The summed E-state index contributed by atoms with van der Waals surface area (Å²) in [6.07, 6.45) is 0.495. The minimum Gasteiger partial charge on any atom is -0.345 e. The Hall–Kier alpha value is -3.59. The molecule has 0 aliphatic heterocycles. The van der Waals surface area contributed by atoms with Gasteiger partial charge in [-0.25, -0.2) is 0 Å². The van der Waals surface area contributed by atoms with Gasteiger partial charge in [0.1, 0.15) is 0 Å². The summed E-state index contributed by atoms with van der Waals surface area (Å²) in [5, 5.41) is 15.0. The second-order valence-corrected chi connectivity index (χ2v) is 8.38. The van der Waals surface area contributed by atoms with Gasteiger partial charge in [0.15, 0.2) is 5.82 Å². The van der Waals surface area contributed by atoms with Crippen molar-refractivity contribution >= 4 is 11.8 Å². The molecule has 9 nitrogen and oxygen atoms in total. The molecular formula is C23H29N7O2. The third-order valence-electron chi connectivity index (χ3n) is 5.42. The Labute approximate surface area is 187 Å². The molecule has 0 spiro atoms. The number of nitrogens with one attached hydrogen (secondary N) is 1. The fraction of sp³-hybridized carbons (Fsp3) is 0.348. The van der Waals surface area contributed by atoms with E-state index in [0.29, 0.717) is 23.4 Å². The highest BCUT2D eigenvalue weighted by atomic mass is 16.2. The van der Waals surface area contributed by atoms with Crippen LogP contribution in [0.5, 0.6) is 0 Å². The first-order valence-corrected chi connectivity index (χ1v) is 10.3. The summed E-state index contributed by atoms with van der Waals surface area (Å²) in [6.45, 7) is 1.92. The zero-order valence-electron chi connectivity index (χ0n) is 19.0. The fourth-order valence-electron chi connectivity index (χ4n) is 3.89. The van der Waals surface area contributed by atoms with Crippen molar-refractivity contribution in [2.45, 2.75) is 24.8 Å². The number of benzene rings is 2. The van der Waals surface area contributed by atoms with Crippen LogP contribution in [0, 0.1) is 0 Å². The van der Waals surface area contributed by atoms with Crippen molar-refractivity contribution in [1.82, 2.24) is 30.4 Å². The molecule has 1 heterocycles. The van der Waals surface area contributed by atoms with Crippen molar-refractivity contribution in [3.8, 4) is 0 Å². The number of aromatic nitrogens is 4. The van der Waals surface area contributed by atoms with E-state index in [9.17, 15) is 9.59 Å². The van der Waals surface area contributed by atoms with Crippen LogP contribution in [-0.4, -0.2) is 76.5 Å². The Morgan fingerprint density at radius 1 is 0.906 bits per heavy atom. The Morgan fingerprint density at radius 3 is 1.66 bits per heavy atom. The quantitative estimate of drug-likeness (QED) is 0.582. The van der Waals surface area contributed by atoms with Crippen LogP contribution >= 0.6 is 0 Å². The molecule has 0 radical (unpaired) electrons. The molecule has 0 aliphatic rings. The van der Waals surface area contributed by atoms with Crippen molar-refractivity contribution in [2.75, 3.05) is 28.2 Å². The average Bonchev–Trinajstić information content (AvgIpc) is 3.32. The van der Waals surface area contributed by atoms with Crippen LogP contribution in [-0.2, 0) is 5.41 Å². The zero-order valence-corrected chi connectivity index (χ0v) is 19.0. The van der Waals surface area contributed by atoms with Gasteiger partial charge >= 0.3 is 0 Å². The van der Waals surface area contributed by atoms with Crippen molar-refractivity contribution in [3.63, 3.8) is 0 Å². The predicted molar refractivity (Wildman–Crippen MR) is 121 cm³/mol. The highest BCUT2D eigenvalue weighted by Gasteiger charge is 2.41. The summed E-state index contributed by atoms with van der Waals surface area (Å²) in [7, 11) is 6.86. The van der Waals surface area contributed by atoms with Crippen LogP contribution < -0.4 is 5.73 Å². The second-order valence-electron chi connectivity index (χ2n) is 8.38. The molecule has 0 fully saturated rings. The minimum atomic E-state index is -0.819. The lowest BCUT2D eigenvalue weighted by molar-refractivity contribution is 0.0820. The maximum atomic E-state index is 12.4. The van der Waals surface area contributed by atoms with Gasteiger partial charge in [-0.2, -0.15) is 5.21 Å². The summed E-state index contributed by atoms with van der Waals surface area (Å²) in [6, 6.07) is 14.6. The summed E-state index contributed by atoms with van der Waals surface area (Å²) >= 11 is 0. The molecule has 3 aromatic rings. The molecule has 0 unspecified atom stereocenters. The molecule has 3 N–H and O–H groups in total. The Balaban J connectivity index is 2.18. The normalized spacial score (nSPS) is 12.3. The first-order valence-electron chi connectivity index (χ1n) is 10.3. The SMILES string of the molecule is C[C@@H](N)CC(c1ccc(C(=O)N(C)C)cc1)(c1ccc(C(=O)N(C)C)cc1)c1nn[nH]n1. The van der Waals surface area contributed by atoms with Crippen molar-refractivity contribution in [3.05, 3.63) is 76.6 Å². The molecule has 0 aliphatic carbocycles. The van der Waals surface area contributed by atoms with E-state index < -0.39 is 5.41 Å². The smallest absolute Gasteiger partial charge is 0.253 e. The molecule has 32 heavy (non-hydrogen) atoms. The number of carbonyl (C=O) groups is 2. The van der Waals surface area contributed by atoms with Gasteiger partial charge in [0, 0.05) is 45.4 Å². The van der Waals surface area contributed by atoms with E-state index >= 15 is 0 Å². The van der Waals surface area contributed by atoms with Crippen molar-refractivity contribution < 1.29 is 9.59 Å². The van der Waals surface area contributed by atoms with Gasteiger partial charge in [-0.1, -0.05) is 29.5 Å². The number of amides is 2. The number of hydrogen-bond acceptors (Lipinski definition) is 6. The summed E-state index contributed by atoms with van der Waals surface area (Å²) in [5.41, 5.74) is 8.37. The third-order valence-corrected chi connectivity index (χ3v) is 5.42. The van der Waals surface area contributed by atoms with Gasteiger partial charge < -0.3 is 15.5 Å². The van der Waals surface area contributed by atoms with Gasteiger partial charge in [-0.3, -0.25) is 9.59 Å². The molecule has 1 aromatic heterocycles. The van der Waals surface area contributed by atoms with E-state index in [1.54, 1.807) is 52.5 Å². The predicted octanol–water partition coefficient (Wildman–Crippen LogP) is 1.67. The van der Waals surface area contributed by atoms with E-state index in [4.69, 9.17) is 5.73 Å². The largest absolute Gasteiger partial charge is 0.345 e. The van der Waals surface area contributed by atoms with Gasteiger partial charge in [0.05, 0.1) is 5.41 Å². The molecular weight excluding hydrogens is 406 g/mol. The summed E-state index contributed by atoms with van der Waals surface area (Å²) < 4.78 is 0. The topological polar surface area (TPSA) is 121 Å². The van der Waals surface area contributed by atoms with E-state index in [2.05, 4.69) is 20.6 Å². The van der Waals surface area contributed by atoms with Crippen LogP contribution in [0.1, 0.15) is 51.0 Å². The number of nitrogens with two attached hydrogens (primary N) is 1. The van der Waals surface area contributed by atoms with Gasteiger partial charge in [-0.05, 0) is 48.7 Å². The highest BCUT2D eigenvalue weighted by Crippen LogP contribution is 2.41. The van der Waals surface area contributed by atoms with E-state index in [-0.39, 0.29) is 17.9 Å². The first kappa shape index (κ1) is 23.1. The van der Waals surface area contributed by atoms with Crippen LogP contribution in [0.2, 0.25) is 0 Å². The molecule has 3 rings (SSSR count). The van der Waals surface area contributed by atoms with Crippen LogP contribution in [0.15, 0.2) is 48.5 Å².